The van der Waals surface area contributed by atoms with Gasteiger partial charge in [0.05, 0.1) is 30.9 Å². The molecule has 2 atom stereocenters. The van der Waals surface area contributed by atoms with Crippen LogP contribution >= 0.6 is 0 Å². The Balaban J connectivity index is 1.95. The largest absolute Gasteiger partial charge is 0.468 e. The molecule has 1 saturated heterocycles. The minimum atomic E-state index is -0.473. The highest BCUT2D eigenvalue weighted by Gasteiger charge is 2.42. The number of para-hydroxylation sites is 1. The van der Waals surface area contributed by atoms with Crippen LogP contribution in [0.4, 0.5) is 5.69 Å². The molecule has 0 aliphatic carbocycles. The lowest BCUT2D eigenvalue weighted by Gasteiger charge is -2.22. The Kier molecular flexibility index (Phi) is 4.69. The first-order valence-corrected chi connectivity index (χ1v) is 7.95. The molecule has 1 N–H and O–H groups in total. The number of nitrogens with one attached hydrogen (secondary N) is 1. The van der Waals surface area contributed by atoms with E-state index < -0.39 is 24.1 Å². The molecule has 0 unspecified atom stereocenters. The molecule has 1 amide bonds. The fourth-order valence-corrected chi connectivity index (χ4v) is 3.11. The predicted molar refractivity (Wildman–Crippen MR) is 89.4 cm³/mol. The Morgan fingerprint density at radius 3 is 2.84 bits per heavy atom. The average molecular weight is 345 g/mol. The molecule has 2 aliphatic rings. The average Bonchev–Trinajstić information content (AvgIpc) is 2.96. The fourth-order valence-electron chi connectivity index (χ4n) is 3.11. The van der Waals surface area contributed by atoms with Crippen LogP contribution in [0.25, 0.3) is 0 Å². The number of ether oxygens (including phenoxy) is 2. The lowest BCUT2D eigenvalue weighted by Crippen LogP contribution is -2.41. The summed E-state index contributed by atoms with van der Waals surface area (Å²) in [4.78, 5) is 41.5. The summed E-state index contributed by atoms with van der Waals surface area (Å²) in [7, 11) is 1.29. The van der Waals surface area contributed by atoms with Gasteiger partial charge in [-0.05, 0) is 12.1 Å². The van der Waals surface area contributed by atoms with Gasteiger partial charge in [-0.3, -0.25) is 19.4 Å². The molecule has 0 spiro atoms. The van der Waals surface area contributed by atoms with E-state index >= 15 is 0 Å². The van der Waals surface area contributed by atoms with Gasteiger partial charge < -0.3 is 19.7 Å². The van der Waals surface area contributed by atoms with Crippen LogP contribution in [0.1, 0.15) is 23.7 Å². The molecule has 1 aromatic rings. The van der Waals surface area contributed by atoms with Crippen molar-refractivity contribution in [2.75, 3.05) is 25.5 Å². The van der Waals surface area contributed by atoms with Crippen molar-refractivity contribution < 1.29 is 23.9 Å². The Hall–Kier alpha value is -2.90. The number of esters is 2. The van der Waals surface area contributed by atoms with Crippen LogP contribution in [-0.2, 0) is 19.1 Å². The first-order valence-electron chi connectivity index (χ1n) is 7.95. The Labute approximate surface area is 144 Å². The summed E-state index contributed by atoms with van der Waals surface area (Å²) in [5, 5.41) is 3.15. The minimum absolute atomic E-state index is 0.155. The third-order valence-corrected chi connectivity index (χ3v) is 4.20. The van der Waals surface area contributed by atoms with E-state index in [1.165, 1.54) is 14.0 Å². The molecule has 0 aromatic heterocycles. The summed E-state index contributed by atoms with van der Waals surface area (Å²) >= 11 is 0. The Morgan fingerprint density at radius 2 is 2.12 bits per heavy atom. The first-order chi connectivity index (χ1) is 12.0. The zero-order valence-corrected chi connectivity index (χ0v) is 14.0. The Bertz CT molecular complexity index is 746. The van der Waals surface area contributed by atoms with Gasteiger partial charge in [-0.1, -0.05) is 12.1 Å². The lowest BCUT2D eigenvalue weighted by molar-refractivity contribution is -0.145. The van der Waals surface area contributed by atoms with Gasteiger partial charge in [0.15, 0.2) is 0 Å². The number of fused-ring (bicyclic) bond motifs is 2. The second kappa shape index (κ2) is 6.92. The number of amides is 1. The third kappa shape index (κ3) is 3.47. The molecule has 132 valence electrons. The van der Waals surface area contributed by atoms with Crippen molar-refractivity contribution in [2.45, 2.75) is 25.5 Å². The van der Waals surface area contributed by atoms with Crippen molar-refractivity contribution in [3.63, 3.8) is 0 Å². The highest BCUT2D eigenvalue weighted by atomic mass is 16.5. The number of hydrogen-bond acceptors (Lipinski definition) is 6. The van der Waals surface area contributed by atoms with Crippen molar-refractivity contribution in [1.29, 1.82) is 0 Å². The number of carbonyl (C=O) groups excluding carboxylic acids is 3. The van der Waals surface area contributed by atoms with Gasteiger partial charge in [0.25, 0.3) is 5.91 Å². The first kappa shape index (κ1) is 16.9. The van der Waals surface area contributed by atoms with Crippen molar-refractivity contribution in [3.8, 4) is 0 Å². The Morgan fingerprint density at radius 1 is 1.36 bits per heavy atom. The number of methoxy groups -OCH3 is 1. The maximum Gasteiger partial charge on any atom is 0.327 e. The van der Waals surface area contributed by atoms with Crippen molar-refractivity contribution in [3.05, 3.63) is 29.8 Å². The van der Waals surface area contributed by atoms with Crippen molar-refractivity contribution in [1.82, 2.24) is 4.90 Å². The molecule has 1 fully saturated rings. The van der Waals surface area contributed by atoms with Crippen LogP contribution in [0.5, 0.6) is 0 Å². The van der Waals surface area contributed by atoms with Crippen LogP contribution in [0.15, 0.2) is 29.3 Å². The molecule has 0 saturated carbocycles. The standard InChI is InChI=1S/C17H19N3O5/c1-10(21)25-11-7-14-16(18-8-15(22)24-2)19-13-6-4-3-5-12(13)17(23)20(14)9-11/h3-6,11,14H,7-9H2,1-2H3,(H,18,19)/t11-,14+/m1/s1. The summed E-state index contributed by atoms with van der Waals surface area (Å²) in [6.07, 6.45) is 0.0219. The van der Waals surface area contributed by atoms with E-state index in [9.17, 15) is 14.4 Å². The topological polar surface area (TPSA) is 97.3 Å². The normalized spacial score (nSPS) is 23.4. The second-order valence-corrected chi connectivity index (χ2v) is 5.89. The number of aliphatic imine (C=N–C) groups is 1. The van der Waals surface area contributed by atoms with Crippen molar-refractivity contribution in [2.24, 2.45) is 4.99 Å². The van der Waals surface area contributed by atoms with Crippen LogP contribution in [-0.4, -0.2) is 60.9 Å². The highest BCUT2D eigenvalue weighted by Crippen LogP contribution is 2.30. The van der Waals surface area contributed by atoms with E-state index in [2.05, 4.69) is 15.0 Å². The van der Waals surface area contributed by atoms with Gasteiger partial charge in [-0.25, -0.2) is 0 Å². The second-order valence-electron chi connectivity index (χ2n) is 5.89. The molecule has 8 nitrogen and oxygen atoms in total. The zero-order chi connectivity index (χ0) is 18.0. The maximum atomic E-state index is 12.9. The molecule has 0 radical (unpaired) electrons. The summed E-state index contributed by atoms with van der Waals surface area (Å²) in [6, 6.07) is 6.71. The van der Waals surface area contributed by atoms with Gasteiger partial charge >= 0.3 is 11.9 Å². The number of benzene rings is 1. The van der Waals surface area contributed by atoms with Gasteiger partial charge in [0, 0.05) is 13.3 Å². The molecule has 2 aliphatic heterocycles. The summed E-state index contributed by atoms with van der Waals surface area (Å²) in [6.45, 7) is 1.47. The van der Waals surface area contributed by atoms with Gasteiger partial charge in [0.1, 0.15) is 18.5 Å². The van der Waals surface area contributed by atoms with Gasteiger partial charge in [0.2, 0.25) is 0 Å². The van der Waals surface area contributed by atoms with E-state index in [1.807, 2.05) is 6.07 Å². The summed E-state index contributed by atoms with van der Waals surface area (Å²) < 4.78 is 9.89. The molecule has 0 bridgehead atoms. The minimum Gasteiger partial charge on any atom is -0.468 e. The number of hydrogen-bond donors (Lipinski definition) is 1. The highest BCUT2D eigenvalue weighted by molar-refractivity contribution is 6.12. The van der Waals surface area contributed by atoms with E-state index in [0.29, 0.717) is 23.5 Å². The predicted octanol–water partition coefficient (Wildman–Crippen LogP) is 0.830. The number of rotatable bonds is 3. The van der Waals surface area contributed by atoms with E-state index in [0.717, 1.165) is 0 Å². The summed E-state index contributed by atoms with van der Waals surface area (Å²) in [5.41, 5.74) is 1.15. The lowest BCUT2D eigenvalue weighted by atomic mass is 10.1. The SMILES string of the molecule is COC(=O)CN=C1Nc2ccccc2C(=O)N2C[C@H](OC(C)=O)C[C@@H]12. The smallest absolute Gasteiger partial charge is 0.327 e. The van der Waals surface area contributed by atoms with Gasteiger partial charge in [-0.15, -0.1) is 0 Å². The quantitative estimate of drug-likeness (QED) is 0.815. The molecule has 3 rings (SSSR count). The fraction of sp³-hybridized carbons (Fsp3) is 0.412. The maximum absolute atomic E-state index is 12.9. The van der Waals surface area contributed by atoms with Crippen LogP contribution in [0.3, 0.4) is 0 Å². The molecular formula is C17H19N3O5. The monoisotopic (exact) mass is 345 g/mol. The van der Waals surface area contributed by atoms with Crippen LogP contribution < -0.4 is 5.32 Å². The molecule has 8 heteroatoms. The number of carbonyl (C=O) groups is 3. The molecule has 1 aromatic carbocycles. The number of nitrogens with zero attached hydrogens (tertiary/aromatic N) is 2. The molecule has 2 heterocycles. The van der Waals surface area contributed by atoms with E-state index in [-0.39, 0.29) is 19.0 Å². The number of amidine groups is 1. The summed E-state index contributed by atoms with van der Waals surface area (Å²) in [5.74, 6) is -0.542. The van der Waals surface area contributed by atoms with Gasteiger partial charge in [-0.2, -0.15) is 0 Å². The van der Waals surface area contributed by atoms with E-state index in [4.69, 9.17) is 4.74 Å². The number of anilines is 1. The van der Waals surface area contributed by atoms with Crippen LogP contribution in [0.2, 0.25) is 0 Å². The third-order valence-electron chi connectivity index (χ3n) is 4.20. The molecular weight excluding hydrogens is 326 g/mol. The van der Waals surface area contributed by atoms with Crippen LogP contribution in [0, 0.1) is 0 Å². The zero-order valence-electron chi connectivity index (χ0n) is 14.0. The van der Waals surface area contributed by atoms with E-state index in [1.54, 1.807) is 23.1 Å². The van der Waals surface area contributed by atoms with Crippen molar-refractivity contribution >= 4 is 29.4 Å². The molecule has 25 heavy (non-hydrogen) atoms.